The Labute approximate surface area is 176 Å². The molecule has 9 heteroatoms. The summed E-state index contributed by atoms with van der Waals surface area (Å²) < 4.78 is 39.4. The van der Waals surface area contributed by atoms with Crippen molar-refractivity contribution in [1.82, 2.24) is 14.5 Å². The molecule has 2 aromatic heterocycles. The predicted molar refractivity (Wildman–Crippen MR) is 106 cm³/mol. The maximum absolute atomic E-state index is 10.6. The van der Waals surface area contributed by atoms with E-state index in [1.54, 1.807) is 6.26 Å². The van der Waals surface area contributed by atoms with Gasteiger partial charge in [-0.2, -0.15) is 13.2 Å². The molecule has 1 aromatic carbocycles. The van der Waals surface area contributed by atoms with Gasteiger partial charge in [0.25, 0.3) is 0 Å². The summed E-state index contributed by atoms with van der Waals surface area (Å²) in [6.45, 7) is 4.43. The quantitative estimate of drug-likeness (QED) is 0.674. The van der Waals surface area contributed by atoms with Gasteiger partial charge in [0.15, 0.2) is 0 Å². The smallest absolute Gasteiger partial charge is 0.475 e. The second kappa shape index (κ2) is 8.58. The molecule has 5 rings (SSSR count). The van der Waals surface area contributed by atoms with Crippen molar-refractivity contribution in [2.45, 2.75) is 25.7 Å². The number of imidazole rings is 1. The highest BCUT2D eigenvalue weighted by Crippen LogP contribution is 2.35. The summed E-state index contributed by atoms with van der Waals surface area (Å²) in [5.41, 5.74) is 3.80. The maximum Gasteiger partial charge on any atom is 0.490 e. The number of furan rings is 1. The van der Waals surface area contributed by atoms with E-state index in [1.807, 2.05) is 6.26 Å². The Kier molecular flexibility index (Phi) is 5.86. The van der Waals surface area contributed by atoms with Gasteiger partial charge in [-0.25, -0.2) is 9.78 Å². The number of aliphatic carboxylic acids is 1. The first kappa shape index (κ1) is 21.2. The Balaban J connectivity index is 0.000000289. The summed E-state index contributed by atoms with van der Waals surface area (Å²) in [6.07, 6.45) is 1.69. The van der Waals surface area contributed by atoms with Crippen LogP contribution in [0.4, 0.5) is 13.2 Å². The SMILES string of the molecule is O=C(O)C(F)(F)F.c1ccc(-c2cnc3n2CC2CN(Cc4ccoc4)CC2C3)cc1. The topological polar surface area (TPSA) is 71.5 Å². The van der Waals surface area contributed by atoms with E-state index < -0.39 is 12.1 Å². The molecule has 0 bridgehead atoms. The van der Waals surface area contributed by atoms with E-state index in [0.29, 0.717) is 0 Å². The number of hydrogen-bond donors (Lipinski definition) is 1. The third kappa shape index (κ3) is 4.82. The molecular formula is C22H22F3N3O3. The van der Waals surface area contributed by atoms with Crippen LogP contribution in [0.3, 0.4) is 0 Å². The number of fused-ring (bicyclic) bond motifs is 2. The van der Waals surface area contributed by atoms with E-state index >= 15 is 0 Å². The van der Waals surface area contributed by atoms with Gasteiger partial charge in [-0.15, -0.1) is 0 Å². The van der Waals surface area contributed by atoms with Crippen molar-refractivity contribution < 1.29 is 27.5 Å². The van der Waals surface area contributed by atoms with Crippen LogP contribution >= 0.6 is 0 Å². The second-order valence-corrected chi connectivity index (χ2v) is 7.89. The fraction of sp³-hybridized carbons (Fsp3) is 0.364. The van der Waals surface area contributed by atoms with Crippen molar-refractivity contribution in [3.63, 3.8) is 0 Å². The number of aromatic nitrogens is 2. The summed E-state index contributed by atoms with van der Waals surface area (Å²) in [6, 6.07) is 12.7. The van der Waals surface area contributed by atoms with Crippen molar-refractivity contribution in [3.8, 4) is 11.3 Å². The third-order valence-corrected chi connectivity index (χ3v) is 5.75. The molecule has 6 nitrogen and oxygen atoms in total. The van der Waals surface area contributed by atoms with Crippen LogP contribution in [0.5, 0.6) is 0 Å². The van der Waals surface area contributed by atoms with Crippen LogP contribution in [-0.4, -0.2) is 44.8 Å². The summed E-state index contributed by atoms with van der Waals surface area (Å²) >= 11 is 0. The fourth-order valence-electron chi connectivity index (χ4n) is 4.33. The Morgan fingerprint density at radius 1 is 1.13 bits per heavy atom. The highest BCUT2D eigenvalue weighted by atomic mass is 19.4. The molecule has 2 aliphatic rings. The van der Waals surface area contributed by atoms with E-state index in [-0.39, 0.29) is 0 Å². The first-order valence-corrected chi connectivity index (χ1v) is 9.94. The highest BCUT2D eigenvalue weighted by Gasteiger charge is 2.39. The number of halogens is 3. The first-order chi connectivity index (χ1) is 14.8. The molecule has 0 saturated carbocycles. The van der Waals surface area contributed by atoms with E-state index in [1.165, 1.54) is 35.7 Å². The van der Waals surface area contributed by atoms with Crippen molar-refractivity contribution in [2.24, 2.45) is 11.8 Å². The minimum atomic E-state index is -5.08. The minimum Gasteiger partial charge on any atom is -0.475 e. The number of nitrogens with zero attached hydrogens (tertiary/aromatic N) is 3. The minimum absolute atomic E-state index is 0.723. The molecule has 0 spiro atoms. The Morgan fingerprint density at radius 2 is 1.84 bits per heavy atom. The number of benzene rings is 1. The fourth-order valence-corrected chi connectivity index (χ4v) is 4.33. The van der Waals surface area contributed by atoms with E-state index in [2.05, 4.69) is 52.1 Å². The second-order valence-electron chi connectivity index (χ2n) is 7.89. The van der Waals surface area contributed by atoms with Crippen LogP contribution < -0.4 is 0 Å². The zero-order valence-corrected chi connectivity index (χ0v) is 16.6. The number of carboxylic acids is 1. The van der Waals surface area contributed by atoms with Gasteiger partial charge in [-0.05, 0) is 23.5 Å². The van der Waals surface area contributed by atoms with Crippen molar-refractivity contribution in [3.05, 3.63) is 66.5 Å². The lowest BCUT2D eigenvalue weighted by Crippen LogP contribution is -2.28. The van der Waals surface area contributed by atoms with Crippen LogP contribution in [0.15, 0.2) is 59.5 Å². The Bertz CT molecular complexity index is 1020. The lowest BCUT2D eigenvalue weighted by atomic mass is 9.89. The average molecular weight is 433 g/mol. The van der Waals surface area contributed by atoms with Crippen molar-refractivity contribution in [2.75, 3.05) is 13.1 Å². The maximum atomic E-state index is 10.6. The van der Waals surface area contributed by atoms with Gasteiger partial charge in [0.05, 0.1) is 24.4 Å². The van der Waals surface area contributed by atoms with Gasteiger partial charge in [0.2, 0.25) is 0 Å². The molecule has 0 aliphatic carbocycles. The average Bonchev–Trinajstić information content (AvgIpc) is 3.46. The molecule has 3 aromatic rings. The molecular weight excluding hydrogens is 411 g/mol. The molecule has 31 heavy (non-hydrogen) atoms. The van der Waals surface area contributed by atoms with Gasteiger partial charge in [-0.3, -0.25) is 4.90 Å². The molecule has 2 aliphatic heterocycles. The van der Waals surface area contributed by atoms with Gasteiger partial charge in [0.1, 0.15) is 5.82 Å². The molecule has 1 fully saturated rings. The standard InChI is InChI=1S/C20H21N3O.C2HF3O2/c1-2-4-16(5-3-1)19-9-21-20-8-17-11-22(10-15-6-7-24-14-15)12-18(17)13-23(19)20;3-2(4,5)1(6)7/h1-7,9,14,17-18H,8,10-13H2;(H,6,7). The van der Waals surface area contributed by atoms with Crippen LogP contribution in [0.25, 0.3) is 11.3 Å². The Hall–Kier alpha value is -3.07. The van der Waals surface area contributed by atoms with Crippen LogP contribution in [0, 0.1) is 11.8 Å². The van der Waals surface area contributed by atoms with Crippen LogP contribution in [0.1, 0.15) is 11.4 Å². The summed E-state index contributed by atoms with van der Waals surface area (Å²) in [5.74, 6) is -0.0516. The van der Waals surface area contributed by atoms with Gasteiger partial charge >= 0.3 is 12.1 Å². The van der Waals surface area contributed by atoms with Gasteiger partial charge in [0, 0.05) is 38.2 Å². The van der Waals surface area contributed by atoms with Crippen molar-refractivity contribution in [1.29, 1.82) is 0 Å². The normalized spacial score (nSPS) is 20.5. The molecule has 1 N–H and O–H groups in total. The number of hydrogen-bond acceptors (Lipinski definition) is 4. The molecule has 0 radical (unpaired) electrons. The zero-order chi connectivity index (χ0) is 22.0. The largest absolute Gasteiger partial charge is 0.490 e. The third-order valence-electron chi connectivity index (χ3n) is 5.75. The molecule has 4 heterocycles. The van der Waals surface area contributed by atoms with E-state index in [0.717, 1.165) is 31.3 Å². The van der Waals surface area contributed by atoms with Crippen molar-refractivity contribution >= 4 is 5.97 Å². The zero-order valence-electron chi connectivity index (χ0n) is 16.6. The number of carbonyl (C=O) groups is 1. The number of alkyl halides is 3. The molecule has 164 valence electrons. The lowest BCUT2D eigenvalue weighted by molar-refractivity contribution is -0.192. The number of carboxylic acid groups (broad SMARTS) is 1. The predicted octanol–water partition coefficient (Wildman–Crippen LogP) is 4.08. The van der Waals surface area contributed by atoms with Crippen LogP contribution in [0.2, 0.25) is 0 Å². The first-order valence-electron chi connectivity index (χ1n) is 9.94. The molecule has 2 atom stereocenters. The monoisotopic (exact) mass is 433 g/mol. The van der Waals surface area contributed by atoms with Crippen LogP contribution in [-0.2, 0) is 24.3 Å². The highest BCUT2D eigenvalue weighted by molar-refractivity contribution is 5.73. The summed E-state index contributed by atoms with van der Waals surface area (Å²) in [4.78, 5) is 16.2. The van der Waals surface area contributed by atoms with Gasteiger partial charge < -0.3 is 14.1 Å². The Morgan fingerprint density at radius 3 is 2.48 bits per heavy atom. The number of likely N-dealkylation sites (tertiary alicyclic amines) is 1. The summed E-state index contributed by atoms with van der Waals surface area (Å²) in [7, 11) is 0. The van der Waals surface area contributed by atoms with Gasteiger partial charge in [-0.1, -0.05) is 30.3 Å². The van der Waals surface area contributed by atoms with E-state index in [9.17, 15) is 13.2 Å². The molecule has 2 unspecified atom stereocenters. The lowest BCUT2D eigenvalue weighted by Gasteiger charge is -2.27. The molecule has 1 saturated heterocycles. The van der Waals surface area contributed by atoms with E-state index in [4.69, 9.17) is 19.3 Å². The summed E-state index contributed by atoms with van der Waals surface area (Å²) in [5, 5.41) is 7.12. The number of rotatable bonds is 3. The molecule has 0 amide bonds.